The number of hydrogen-bond donors (Lipinski definition) is 0. The standard InChI is InChI=1S/C50H31N3O/c1-2-10-30(11-3-1)48-51-49(33-18-22-46-43(26-33)44-27-34-23-35(34)28-47(44)54-46)53-50(52-48)45-25-32-13-5-4-12-31(32)24-42(45)38-16-8-15-37-40-19-17-29-9-6-7-14-36(29)39(40)20-21-41(37)38/h1-22,24-28,34-35H,23H2/t34?,35-/m1/s1. The van der Waals surface area contributed by atoms with Crippen molar-refractivity contribution in [2.75, 3.05) is 0 Å². The fourth-order valence-corrected chi connectivity index (χ4v) is 8.68. The molecule has 0 saturated heterocycles. The lowest BCUT2D eigenvalue weighted by atomic mass is 9.89. The Labute approximate surface area is 310 Å². The summed E-state index contributed by atoms with van der Waals surface area (Å²) in [6, 6.07) is 54.0. The SMILES string of the molecule is C1=c2oc3ccc(-c4nc(-c5ccccc5)nc(-c5cc6ccccc6cc5-c5cccc6c5ccc5c7ccccc7ccc65)n4)cc3c2=CC2C[C@H]12. The third-order valence-corrected chi connectivity index (χ3v) is 11.5. The molecule has 2 aliphatic rings. The maximum Gasteiger partial charge on any atom is 0.164 e. The smallest absolute Gasteiger partial charge is 0.164 e. The Balaban J connectivity index is 1.11. The van der Waals surface area contributed by atoms with Gasteiger partial charge in [0.15, 0.2) is 17.5 Å². The first-order chi connectivity index (χ1) is 26.7. The number of nitrogens with zero attached hydrogens (tertiary/aromatic N) is 3. The Kier molecular flexibility index (Phi) is 6.20. The molecule has 2 aromatic heterocycles. The van der Waals surface area contributed by atoms with E-state index in [1.54, 1.807) is 0 Å². The number of rotatable bonds is 4. The Morgan fingerprint density at radius 2 is 1.06 bits per heavy atom. The van der Waals surface area contributed by atoms with Crippen LogP contribution in [0.25, 0.3) is 112 Å². The van der Waals surface area contributed by atoms with E-state index in [4.69, 9.17) is 19.4 Å². The summed E-state index contributed by atoms with van der Waals surface area (Å²) in [6.07, 6.45) is 5.90. The van der Waals surface area contributed by atoms with Gasteiger partial charge in [-0.05, 0) is 109 Å². The number of benzene rings is 8. The van der Waals surface area contributed by atoms with E-state index >= 15 is 0 Å². The van der Waals surface area contributed by atoms with Crippen LogP contribution in [0.3, 0.4) is 0 Å². The first kappa shape index (κ1) is 29.6. The Morgan fingerprint density at radius 1 is 0.407 bits per heavy atom. The molecule has 4 heteroatoms. The average Bonchev–Trinajstić information content (AvgIpc) is 3.92. The van der Waals surface area contributed by atoms with Crippen LogP contribution in [0.4, 0.5) is 0 Å². The van der Waals surface area contributed by atoms with Crippen molar-refractivity contribution in [2.24, 2.45) is 11.8 Å². The molecule has 4 nitrogen and oxygen atoms in total. The van der Waals surface area contributed by atoms with Gasteiger partial charge >= 0.3 is 0 Å². The maximum absolute atomic E-state index is 6.31. The van der Waals surface area contributed by atoms with Gasteiger partial charge in [0.05, 0.1) is 0 Å². The predicted molar refractivity (Wildman–Crippen MR) is 221 cm³/mol. The zero-order chi connectivity index (χ0) is 35.3. The monoisotopic (exact) mass is 689 g/mol. The minimum Gasteiger partial charge on any atom is -0.456 e. The second-order valence-electron chi connectivity index (χ2n) is 14.8. The van der Waals surface area contributed by atoms with Crippen LogP contribution >= 0.6 is 0 Å². The van der Waals surface area contributed by atoms with Crippen molar-refractivity contribution in [3.8, 4) is 45.3 Å². The molecule has 252 valence electrons. The lowest BCUT2D eigenvalue weighted by molar-refractivity contribution is 0.571. The first-order valence-electron chi connectivity index (χ1n) is 18.7. The summed E-state index contributed by atoms with van der Waals surface area (Å²) in [7, 11) is 0. The molecule has 2 heterocycles. The highest BCUT2D eigenvalue weighted by Gasteiger charge is 2.35. The predicted octanol–water partition coefficient (Wildman–Crippen LogP) is 11.1. The van der Waals surface area contributed by atoms with E-state index in [2.05, 4.69) is 146 Å². The van der Waals surface area contributed by atoms with E-state index < -0.39 is 0 Å². The molecule has 10 aromatic rings. The molecule has 54 heavy (non-hydrogen) atoms. The number of furan rings is 1. The summed E-state index contributed by atoms with van der Waals surface area (Å²) in [5.41, 5.74) is 6.94. The van der Waals surface area contributed by atoms with Gasteiger partial charge in [0.2, 0.25) is 0 Å². The molecule has 0 bridgehead atoms. The molecule has 0 N–H and O–H groups in total. The highest BCUT2D eigenvalue weighted by atomic mass is 16.3. The van der Waals surface area contributed by atoms with Gasteiger partial charge in [0, 0.05) is 27.3 Å². The molecule has 0 spiro atoms. The summed E-state index contributed by atoms with van der Waals surface area (Å²) < 4.78 is 6.31. The third-order valence-electron chi connectivity index (χ3n) is 11.5. The topological polar surface area (TPSA) is 51.8 Å². The zero-order valence-electron chi connectivity index (χ0n) is 29.2. The number of fused-ring (bicyclic) bond motifs is 10. The van der Waals surface area contributed by atoms with Crippen LogP contribution in [0.1, 0.15) is 6.42 Å². The van der Waals surface area contributed by atoms with Crippen LogP contribution in [-0.4, -0.2) is 15.0 Å². The van der Waals surface area contributed by atoms with Crippen LogP contribution in [0.2, 0.25) is 0 Å². The van der Waals surface area contributed by atoms with Crippen LogP contribution in [0.5, 0.6) is 0 Å². The van der Waals surface area contributed by atoms with E-state index in [0.717, 1.165) is 49.6 Å². The summed E-state index contributed by atoms with van der Waals surface area (Å²) in [6.45, 7) is 0. The largest absolute Gasteiger partial charge is 0.456 e. The minimum absolute atomic E-state index is 0.619. The van der Waals surface area contributed by atoms with Crippen LogP contribution < -0.4 is 10.6 Å². The fraction of sp³-hybridized carbons (Fsp3) is 0.0600. The normalized spacial score (nSPS) is 16.0. The van der Waals surface area contributed by atoms with Crippen LogP contribution in [0, 0.1) is 11.8 Å². The highest BCUT2D eigenvalue weighted by molar-refractivity contribution is 6.20. The Bertz CT molecular complexity index is 3330. The quantitative estimate of drug-likeness (QED) is 0.173. The highest BCUT2D eigenvalue weighted by Crippen LogP contribution is 2.43. The molecule has 0 radical (unpaired) electrons. The van der Waals surface area contributed by atoms with E-state index in [1.807, 2.05) is 18.2 Å². The molecule has 1 unspecified atom stereocenters. The molecule has 1 saturated carbocycles. The molecular weight excluding hydrogens is 659 g/mol. The second-order valence-corrected chi connectivity index (χ2v) is 14.8. The number of aromatic nitrogens is 3. The molecule has 0 aliphatic heterocycles. The summed E-state index contributed by atoms with van der Waals surface area (Å²) in [4.78, 5) is 15.7. The van der Waals surface area contributed by atoms with E-state index in [9.17, 15) is 0 Å². The average molecular weight is 690 g/mol. The molecule has 2 atom stereocenters. The molecule has 2 aliphatic carbocycles. The van der Waals surface area contributed by atoms with Crippen LogP contribution in [-0.2, 0) is 0 Å². The lowest BCUT2D eigenvalue weighted by Gasteiger charge is -2.16. The van der Waals surface area contributed by atoms with E-state index in [-0.39, 0.29) is 0 Å². The van der Waals surface area contributed by atoms with E-state index in [1.165, 1.54) is 49.3 Å². The first-order valence-corrected chi connectivity index (χ1v) is 18.7. The summed E-state index contributed by atoms with van der Waals surface area (Å²) in [5, 5.41) is 12.0. The lowest BCUT2D eigenvalue weighted by Crippen LogP contribution is -2.23. The maximum atomic E-state index is 6.31. The fourth-order valence-electron chi connectivity index (χ4n) is 8.68. The van der Waals surface area contributed by atoms with Crippen molar-refractivity contribution in [1.29, 1.82) is 0 Å². The second kappa shape index (κ2) is 11.3. The van der Waals surface area contributed by atoms with Gasteiger partial charge in [-0.25, -0.2) is 15.0 Å². The third kappa shape index (κ3) is 4.60. The van der Waals surface area contributed by atoms with Gasteiger partial charge in [-0.1, -0.05) is 127 Å². The van der Waals surface area contributed by atoms with Crippen molar-refractivity contribution in [1.82, 2.24) is 15.0 Å². The molecule has 12 rings (SSSR count). The zero-order valence-corrected chi connectivity index (χ0v) is 29.2. The summed E-state index contributed by atoms with van der Waals surface area (Å²) >= 11 is 0. The van der Waals surface area contributed by atoms with Gasteiger partial charge in [-0.3, -0.25) is 0 Å². The Morgan fingerprint density at radius 3 is 1.93 bits per heavy atom. The molecule has 1 fully saturated rings. The Hall–Kier alpha value is -6.91. The van der Waals surface area contributed by atoms with Gasteiger partial charge in [0.25, 0.3) is 0 Å². The summed E-state index contributed by atoms with van der Waals surface area (Å²) in [5.74, 6) is 3.15. The molecule has 8 aromatic carbocycles. The number of hydrogen-bond acceptors (Lipinski definition) is 4. The van der Waals surface area contributed by atoms with Gasteiger partial charge in [0.1, 0.15) is 11.0 Å². The minimum atomic E-state index is 0.619. The van der Waals surface area contributed by atoms with Crippen molar-refractivity contribution in [3.05, 3.63) is 162 Å². The van der Waals surface area contributed by atoms with Crippen molar-refractivity contribution < 1.29 is 4.42 Å². The van der Waals surface area contributed by atoms with Crippen molar-refractivity contribution >= 4 is 66.2 Å². The van der Waals surface area contributed by atoms with Gasteiger partial charge in [-0.2, -0.15) is 0 Å². The van der Waals surface area contributed by atoms with Crippen molar-refractivity contribution in [3.63, 3.8) is 0 Å². The van der Waals surface area contributed by atoms with E-state index in [0.29, 0.717) is 29.3 Å². The molecule has 0 amide bonds. The van der Waals surface area contributed by atoms with Gasteiger partial charge in [-0.15, -0.1) is 0 Å². The van der Waals surface area contributed by atoms with Crippen LogP contribution in [0.15, 0.2) is 156 Å². The molecular formula is C50H31N3O. The van der Waals surface area contributed by atoms with Crippen molar-refractivity contribution in [2.45, 2.75) is 6.42 Å². The van der Waals surface area contributed by atoms with Gasteiger partial charge < -0.3 is 4.42 Å².